The SMILES string of the molecule is CCCOc1cccc2c1OCC2NOC. The average molecular weight is 223 g/mol. The van der Waals surface area contributed by atoms with Gasteiger partial charge >= 0.3 is 0 Å². The van der Waals surface area contributed by atoms with Crippen molar-refractivity contribution in [3.05, 3.63) is 23.8 Å². The van der Waals surface area contributed by atoms with Crippen molar-refractivity contribution < 1.29 is 14.3 Å². The molecule has 1 atom stereocenters. The Labute approximate surface area is 95.5 Å². The van der Waals surface area contributed by atoms with Crippen LogP contribution in [-0.4, -0.2) is 20.3 Å². The highest BCUT2D eigenvalue weighted by atomic mass is 16.6. The molecule has 0 radical (unpaired) electrons. The summed E-state index contributed by atoms with van der Waals surface area (Å²) in [6, 6.07) is 6.02. The third-order valence-electron chi connectivity index (χ3n) is 2.50. The summed E-state index contributed by atoms with van der Waals surface area (Å²) in [4.78, 5) is 4.93. The fourth-order valence-electron chi connectivity index (χ4n) is 1.78. The lowest BCUT2D eigenvalue weighted by atomic mass is 10.1. The molecule has 1 heterocycles. The Morgan fingerprint density at radius 2 is 2.38 bits per heavy atom. The van der Waals surface area contributed by atoms with Gasteiger partial charge < -0.3 is 14.3 Å². The average Bonchev–Trinajstić information content (AvgIpc) is 2.71. The van der Waals surface area contributed by atoms with E-state index in [4.69, 9.17) is 14.3 Å². The van der Waals surface area contributed by atoms with E-state index in [2.05, 4.69) is 12.4 Å². The lowest BCUT2D eigenvalue weighted by molar-refractivity contribution is 0.0535. The van der Waals surface area contributed by atoms with Crippen LogP contribution in [0.5, 0.6) is 11.5 Å². The van der Waals surface area contributed by atoms with Gasteiger partial charge in [-0.05, 0) is 12.5 Å². The Morgan fingerprint density at radius 1 is 1.50 bits per heavy atom. The van der Waals surface area contributed by atoms with Gasteiger partial charge in [0.15, 0.2) is 11.5 Å². The van der Waals surface area contributed by atoms with Gasteiger partial charge in [-0.25, -0.2) is 0 Å². The lowest BCUT2D eigenvalue weighted by Crippen LogP contribution is -2.20. The molecule has 4 heteroatoms. The van der Waals surface area contributed by atoms with Crippen LogP contribution >= 0.6 is 0 Å². The summed E-state index contributed by atoms with van der Waals surface area (Å²) < 4.78 is 11.3. The monoisotopic (exact) mass is 223 g/mol. The number of fused-ring (bicyclic) bond motifs is 1. The topological polar surface area (TPSA) is 39.7 Å². The quantitative estimate of drug-likeness (QED) is 0.776. The molecule has 0 amide bonds. The zero-order valence-electron chi connectivity index (χ0n) is 9.66. The van der Waals surface area contributed by atoms with Crippen molar-refractivity contribution in [3.8, 4) is 11.5 Å². The van der Waals surface area contributed by atoms with Crippen LogP contribution in [0, 0.1) is 0 Å². The Bertz CT molecular complexity index is 354. The molecule has 0 aliphatic carbocycles. The molecule has 1 aliphatic rings. The summed E-state index contributed by atoms with van der Waals surface area (Å²) in [5.74, 6) is 1.66. The van der Waals surface area contributed by atoms with E-state index < -0.39 is 0 Å². The van der Waals surface area contributed by atoms with E-state index >= 15 is 0 Å². The number of hydroxylamine groups is 1. The molecule has 2 rings (SSSR count). The number of rotatable bonds is 5. The first-order valence-corrected chi connectivity index (χ1v) is 5.53. The Balaban J connectivity index is 2.18. The molecule has 1 aromatic carbocycles. The van der Waals surface area contributed by atoms with Gasteiger partial charge in [0.2, 0.25) is 0 Å². The van der Waals surface area contributed by atoms with E-state index in [1.807, 2.05) is 18.2 Å². The lowest BCUT2D eigenvalue weighted by Gasteiger charge is -2.10. The van der Waals surface area contributed by atoms with E-state index in [1.165, 1.54) is 0 Å². The van der Waals surface area contributed by atoms with Gasteiger partial charge in [0.05, 0.1) is 19.8 Å². The second kappa shape index (κ2) is 5.18. The first-order chi connectivity index (χ1) is 7.86. The van der Waals surface area contributed by atoms with Gasteiger partial charge in [0.25, 0.3) is 0 Å². The van der Waals surface area contributed by atoms with Crippen molar-refractivity contribution in [3.63, 3.8) is 0 Å². The predicted molar refractivity (Wildman–Crippen MR) is 60.6 cm³/mol. The van der Waals surface area contributed by atoms with E-state index in [0.29, 0.717) is 13.2 Å². The van der Waals surface area contributed by atoms with Crippen molar-refractivity contribution >= 4 is 0 Å². The smallest absolute Gasteiger partial charge is 0.166 e. The number of hydrogen-bond acceptors (Lipinski definition) is 4. The first kappa shape index (κ1) is 11.2. The van der Waals surface area contributed by atoms with Crippen molar-refractivity contribution in [2.45, 2.75) is 19.4 Å². The normalized spacial score (nSPS) is 18.0. The molecule has 4 nitrogen and oxygen atoms in total. The van der Waals surface area contributed by atoms with Crippen molar-refractivity contribution in [1.29, 1.82) is 0 Å². The molecule has 0 fully saturated rings. The van der Waals surface area contributed by atoms with Crippen LogP contribution < -0.4 is 15.0 Å². The van der Waals surface area contributed by atoms with Crippen LogP contribution in [0.25, 0.3) is 0 Å². The molecule has 1 N–H and O–H groups in total. The van der Waals surface area contributed by atoms with Gasteiger partial charge in [-0.1, -0.05) is 19.1 Å². The summed E-state index contributed by atoms with van der Waals surface area (Å²) in [6.07, 6.45) is 0.990. The van der Waals surface area contributed by atoms with Crippen LogP contribution in [0.3, 0.4) is 0 Å². The number of para-hydroxylation sites is 1. The van der Waals surface area contributed by atoms with Crippen molar-refractivity contribution in [2.24, 2.45) is 0 Å². The maximum Gasteiger partial charge on any atom is 0.166 e. The van der Waals surface area contributed by atoms with Gasteiger partial charge in [-0.15, -0.1) is 0 Å². The minimum absolute atomic E-state index is 0.0881. The van der Waals surface area contributed by atoms with E-state index in [0.717, 1.165) is 23.5 Å². The zero-order chi connectivity index (χ0) is 11.4. The number of benzene rings is 1. The predicted octanol–water partition coefficient (Wildman–Crippen LogP) is 2.06. The van der Waals surface area contributed by atoms with E-state index in [1.54, 1.807) is 7.11 Å². The first-order valence-electron chi connectivity index (χ1n) is 5.53. The molecular formula is C12H17NO3. The maximum atomic E-state index is 5.63. The summed E-state index contributed by atoms with van der Waals surface area (Å²) >= 11 is 0. The maximum absolute atomic E-state index is 5.63. The third kappa shape index (κ3) is 2.13. The van der Waals surface area contributed by atoms with Gasteiger partial charge in [-0.3, -0.25) is 0 Å². The molecule has 88 valence electrons. The Hall–Kier alpha value is -1.26. The molecule has 0 bridgehead atoms. The molecule has 0 saturated carbocycles. The molecular weight excluding hydrogens is 206 g/mol. The highest BCUT2D eigenvalue weighted by Gasteiger charge is 2.26. The summed E-state index contributed by atoms with van der Waals surface area (Å²) in [5, 5.41) is 0. The fourth-order valence-corrected chi connectivity index (χ4v) is 1.78. The van der Waals surface area contributed by atoms with Gasteiger partial charge in [-0.2, -0.15) is 5.48 Å². The molecule has 1 unspecified atom stereocenters. The number of hydrogen-bond donors (Lipinski definition) is 1. The fraction of sp³-hybridized carbons (Fsp3) is 0.500. The summed E-state index contributed by atoms with van der Waals surface area (Å²) in [5.41, 5.74) is 4.00. The molecule has 16 heavy (non-hydrogen) atoms. The third-order valence-corrected chi connectivity index (χ3v) is 2.50. The Morgan fingerprint density at radius 3 is 3.12 bits per heavy atom. The van der Waals surface area contributed by atoms with E-state index in [-0.39, 0.29) is 6.04 Å². The molecule has 1 aliphatic heterocycles. The second-order valence-corrected chi connectivity index (χ2v) is 3.71. The van der Waals surface area contributed by atoms with Crippen LogP contribution in [0.15, 0.2) is 18.2 Å². The minimum Gasteiger partial charge on any atom is -0.490 e. The Kier molecular flexibility index (Phi) is 3.64. The van der Waals surface area contributed by atoms with E-state index in [9.17, 15) is 0 Å². The minimum atomic E-state index is 0.0881. The standard InChI is InChI=1S/C12H17NO3/c1-3-7-15-11-6-4-5-9-10(13-14-2)8-16-12(9)11/h4-6,10,13H,3,7-8H2,1-2H3. The van der Waals surface area contributed by atoms with Gasteiger partial charge in [0, 0.05) is 5.56 Å². The molecule has 1 aromatic rings. The summed E-state index contributed by atoms with van der Waals surface area (Å²) in [6.45, 7) is 3.37. The number of ether oxygens (including phenoxy) is 2. The highest BCUT2D eigenvalue weighted by molar-refractivity contribution is 5.50. The second-order valence-electron chi connectivity index (χ2n) is 3.71. The van der Waals surface area contributed by atoms with Crippen molar-refractivity contribution in [1.82, 2.24) is 5.48 Å². The zero-order valence-corrected chi connectivity index (χ0v) is 9.66. The molecule has 0 aromatic heterocycles. The molecule has 0 saturated heterocycles. The van der Waals surface area contributed by atoms with Crippen LogP contribution in [0.2, 0.25) is 0 Å². The highest BCUT2D eigenvalue weighted by Crippen LogP contribution is 2.40. The number of nitrogens with one attached hydrogen (secondary N) is 1. The van der Waals surface area contributed by atoms with Crippen molar-refractivity contribution in [2.75, 3.05) is 20.3 Å². The summed E-state index contributed by atoms with van der Waals surface area (Å²) in [7, 11) is 1.61. The van der Waals surface area contributed by atoms with Crippen LogP contribution in [-0.2, 0) is 4.84 Å². The van der Waals surface area contributed by atoms with Crippen LogP contribution in [0.1, 0.15) is 24.9 Å². The van der Waals surface area contributed by atoms with Gasteiger partial charge in [0.1, 0.15) is 6.61 Å². The van der Waals surface area contributed by atoms with Crippen LogP contribution in [0.4, 0.5) is 0 Å². The largest absolute Gasteiger partial charge is 0.490 e. The molecule has 0 spiro atoms.